The van der Waals surface area contributed by atoms with Gasteiger partial charge in [0.2, 0.25) is 0 Å². The Hall–Kier alpha value is -2.62. The number of halogens is 1. The molecule has 0 unspecified atom stereocenters. The molecule has 0 atom stereocenters. The third-order valence-electron chi connectivity index (χ3n) is 3.68. The first-order valence-electron chi connectivity index (χ1n) is 7.61. The molecular weight excluding hydrogens is 293 g/mol. The number of para-hydroxylation sites is 1. The van der Waals surface area contributed by atoms with Crippen LogP contribution in [0.5, 0.6) is 17.2 Å². The summed E-state index contributed by atoms with van der Waals surface area (Å²) in [5.41, 5.74) is 1.85. The predicted octanol–water partition coefficient (Wildman–Crippen LogP) is 5.13. The van der Waals surface area contributed by atoms with Crippen LogP contribution < -0.4 is 9.47 Å². The molecule has 0 bridgehead atoms. The number of hydrogen-bond donors (Lipinski definition) is 0. The summed E-state index contributed by atoms with van der Waals surface area (Å²) in [7, 11) is 1.65. The van der Waals surface area contributed by atoms with Gasteiger partial charge in [-0.25, -0.2) is 4.39 Å². The molecule has 3 nitrogen and oxygen atoms in total. The number of fused-ring (bicyclic) bond motifs is 1. The zero-order valence-electron chi connectivity index (χ0n) is 13.2. The Morgan fingerprint density at radius 3 is 2.61 bits per heavy atom. The van der Waals surface area contributed by atoms with Gasteiger partial charge in [0.05, 0.1) is 12.6 Å². The maximum absolute atomic E-state index is 13.8. The van der Waals surface area contributed by atoms with Crippen molar-refractivity contribution in [1.82, 2.24) is 4.98 Å². The van der Waals surface area contributed by atoms with Gasteiger partial charge in [-0.15, -0.1) is 0 Å². The van der Waals surface area contributed by atoms with Gasteiger partial charge in [0.15, 0.2) is 11.6 Å². The topological polar surface area (TPSA) is 31.4 Å². The van der Waals surface area contributed by atoms with Crippen molar-refractivity contribution in [3.05, 3.63) is 60.0 Å². The smallest absolute Gasteiger partial charge is 0.165 e. The van der Waals surface area contributed by atoms with Crippen LogP contribution in [0.1, 0.15) is 18.9 Å². The minimum Gasteiger partial charge on any atom is -0.496 e. The number of rotatable bonds is 5. The number of ether oxygens (including phenoxy) is 2. The van der Waals surface area contributed by atoms with Crippen LogP contribution in [0.25, 0.3) is 10.9 Å². The average molecular weight is 311 g/mol. The summed E-state index contributed by atoms with van der Waals surface area (Å²) in [6.45, 7) is 2.11. The lowest BCUT2D eigenvalue weighted by Gasteiger charge is -2.13. The molecule has 1 heterocycles. The molecule has 3 rings (SSSR count). The van der Waals surface area contributed by atoms with E-state index >= 15 is 0 Å². The summed E-state index contributed by atoms with van der Waals surface area (Å²) in [5.74, 6) is 1.21. The first kappa shape index (κ1) is 15.3. The van der Waals surface area contributed by atoms with E-state index in [9.17, 15) is 4.39 Å². The number of nitrogens with zero attached hydrogens (tertiary/aromatic N) is 1. The molecule has 0 saturated heterocycles. The SMILES string of the molecule is CCCc1cc2c(Oc3ccccc3F)ccnc2cc1OC. The third kappa shape index (κ3) is 3.11. The standard InChI is InChI=1S/C19H18FNO2/c1-3-6-13-11-14-16(12-19(13)22-2)21-10-9-17(14)23-18-8-5-4-7-15(18)20/h4-5,7-12H,3,6H2,1-2H3. The first-order chi connectivity index (χ1) is 11.2. The third-order valence-corrected chi connectivity index (χ3v) is 3.68. The lowest BCUT2D eigenvalue weighted by Crippen LogP contribution is -1.95. The molecule has 0 radical (unpaired) electrons. The van der Waals surface area contributed by atoms with Crippen molar-refractivity contribution >= 4 is 10.9 Å². The average Bonchev–Trinajstić information content (AvgIpc) is 2.57. The van der Waals surface area contributed by atoms with E-state index in [-0.39, 0.29) is 11.6 Å². The summed E-state index contributed by atoms with van der Waals surface area (Å²) < 4.78 is 25.0. The summed E-state index contributed by atoms with van der Waals surface area (Å²) >= 11 is 0. The van der Waals surface area contributed by atoms with Gasteiger partial charge in [-0.1, -0.05) is 25.5 Å². The van der Waals surface area contributed by atoms with Gasteiger partial charge in [-0.05, 0) is 36.2 Å². The van der Waals surface area contributed by atoms with Crippen LogP contribution >= 0.6 is 0 Å². The summed E-state index contributed by atoms with van der Waals surface area (Å²) in [5, 5.41) is 0.847. The van der Waals surface area contributed by atoms with E-state index in [2.05, 4.69) is 11.9 Å². The van der Waals surface area contributed by atoms with Crippen LogP contribution in [-0.2, 0) is 6.42 Å². The molecule has 1 aromatic heterocycles. The van der Waals surface area contributed by atoms with E-state index in [1.165, 1.54) is 6.07 Å². The molecule has 4 heteroatoms. The van der Waals surface area contributed by atoms with Crippen molar-refractivity contribution in [2.75, 3.05) is 7.11 Å². The van der Waals surface area contributed by atoms with Gasteiger partial charge >= 0.3 is 0 Å². The van der Waals surface area contributed by atoms with E-state index < -0.39 is 0 Å². The number of aromatic nitrogens is 1. The van der Waals surface area contributed by atoms with Crippen LogP contribution in [0.15, 0.2) is 48.7 Å². The molecule has 0 aliphatic rings. The zero-order valence-corrected chi connectivity index (χ0v) is 13.2. The Morgan fingerprint density at radius 1 is 1.04 bits per heavy atom. The Kier molecular flexibility index (Phi) is 4.42. The molecular formula is C19H18FNO2. The molecule has 0 fully saturated rings. The zero-order chi connectivity index (χ0) is 16.2. The lowest BCUT2D eigenvalue weighted by molar-refractivity contribution is 0.410. The molecule has 0 aliphatic heterocycles. The van der Waals surface area contributed by atoms with Crippen molar-refractivity contribution < 1.29 is 13.9 Å². The molecule has 0 N–H and O–H groups in total. The van der Waals surface area contributed by atoms with Crippen LogP contribution in [0.3, 0.4) is 0 Å². The fraction of sp³-hybridized carbons (Fsp3) is 0.211. The van der Waals surface area contributed by atoms with Crippen molar-refractivity contribution in [1.29, 1.82) is 0 Å². The molecule has 0 spiro atoms. The monoisotopic (exact) mass is 311 g/mol. The Bertz CT molecular complexity index is 833. The fourth-order valence-corrected chi connectivity index (χ4v) is 2.58. The molecule has 0 aliphatic carbocycles. The van der Waals surface area contributed by atoms with Crippen LogP contribution in [0.4, 0.5) is 4.39 Å². The summed E-state index contributed by atoms with van der Waals surface area (Å²) in [6, 6.07) is 12.0. The Balaban J connectivity index is 2.10. The number of pyridine rings is 1. The molecule has 3 aromatic rings. The number of benzene rings is 2. The van der Waals surface area contributed by atoms with Crippen molar-refractivity contribution in [2.45, 2.75) is 19.8 Å². The second-order valence-electron chi connectivity index (χ2n) is 5.27. The Morgan fingerprint density at radius 2 is 1.87 bits per heavy atom. The van der Waals surface area contributed by atoms with Crippen molar-refractivity contribution in [3.63, 3.8) is 0 Å². The first-order valence-corrected chi connectivity index (χ1v) is 7.61. The van der Waals surface area contributed by atoms with Gasteiger partial charge in [0.1, 0.15) is 11.5 Å². The maximum Gasteiger partial charge on any atom is 0.165 e. The fourth-order valence-electron chi connectivity index (χ4n) is 2.58. The van der Waals surface area contributed by atoms with Crippen LogP contribution in [0, 0.1) is 5.82 Å². The Labute approximate surface area is 134 Å². The number of hydrogen-bond acceptors (Lipinski definition) is 3. The minimum atomic E-state index is -0.389. The number of methoxy groups -OCH3 is 1. The van der Waals surface area contributed by atoms with Crippen molar-refractivity contribution in [2.24, 2.45) is 0 Å². The number of aryl methyl sites for hydroxylation is 1. The summed E-state index contributed by atoms with van der Waals surface area (Å²) in [4.78, 5) is 4.36. The molecule has 23 heavy (non-hydrogen) atoms. The summed E-state index contributed by atoms with van der Waals surface area (Å²) in [6.07, 6.45) is 3.55. The van der Waals surface area contributed by atoms with E-state index in [1.807, 2.05) is 12.1 Å². The lowest BCUT2D eigenvalue weighted by atomic mass is 10.0. The predicted molar refractivity (Wildman–Crippen MR) is 88.8 cm³/mol. The molecule has 2 aromatic carbocycles. The highest BCUT2D eigenvalue weighted by molar-refractivity contribution is 5.87. The minimum absolute atomic E-state index is 0.202. The second kappa shape index (κ2) is 6.65. The van der Waals surface area contributed by atoms with Gasteiger partial charge in [0, 0.05) is 17.6 Å². The molecule has 118 valence electrons. The van der Waals surface area contributed by atoms with Gasteiger partial charge < -0.3 is 9.47 Å². The van der Waals surface area contributed by atoms with Crippen LogP contribution in [0.2, 0.25) is 0 Å². The van der Waals surface area contributed by atoms with E-state index in [4.69, 9.17) is 9.47 Å². The molecule has 0 amide bonds. The van der Waals surface area contributed by atoms with Gasteiger partial charge in [0.25, 0.3) is 0 Å². The van der Waals surface area contributed by atoms with Crippen molar-refractivity contribution in [3.8, 4) is 17.2 Å². The van der Waals surface area contributed by atoms with Crippen LogP contribution in [-0.4, -0.2) is 12.1 Å². The normalized spacial score (nSPS) is 10.7. The van der Waals surface area contributed by atoms with E-state index in [0.29, 0.717) is 5.75 Å². The van der Waals surface area contributed by atoms with E-state index in [0.717, 1.165) is 35.1 Å². The largest absolute Gasteiger partial charge is 0.496 e. The maximum atomic E-state index is 13.8. The second-order valence-corrected chi connectivity index (χ2v) is 5.27. The van der Waals surface area contributed by atoms with Gasteiger partial charge in [-0.2, -0.15) is 0 Å². The quantitative estimate of drug-likeness (QED) is 0.655. The van der Waals surface area contributed by atoms with E-state index in [1.54, 1.807) is 37.6 Å². The highest BCUT2D eigenvalue weighted by Gasteiger charge is 2.11. The highest BCUT2D eigenvalue weighted by Crippen LogP contribution is 2.34. The molecule has 0 saturated carbocycles. The van der Waals surface area contributed by atoms with Gasteiger partial charge in [-0.3, -0.25) is 4.98 Å². The highest BCUT2D eigenvalue weighted by atomic mass is 19.1.